The monoisotopic (exact) mass is 450 g/mol. The maximum atomic E-state index is 14.4. The van der Waals surface area contributed by atoms with E-state index in [0.717, 1.165) is 11.3 Å². The standard InChI is InChI=1S/C24H23FN4O2S/c1-16(2)18-9-4-6-12-21(18)26-22(30)15-32-24-28-27-23(19-10-3-5-11-20(19)25)29(24)14-17-8-7-13-31-17/h3-13,16H,14-15H2,1-2H3,(H,26,30). The van der Waals surface area contributed by atoms with Crippen LogP contribution in [0.25, 0.3) is 11.4 Å². The lowest BCUT2D eigenvalue weighted by Gasteiger charge is -2.13. The first kappa shape index (κ1) is 21.8. The number of benzene rings is 2. The molecule has 0 bridgehead atoms. The molecular weight excluding hydrogens is 427 g/mol. The summed E-state index contributed by atoms with van der Waals surface area (Å²) < 4.78 is 21.7. The van der Waals surface area contributed by atoms with Gasteiger partial charge in [0.1, 0.15) is 11.6 Å². The average Bonchev–Trinajstić information content (AvgIpc) is 3.43. The van der Waals surface area contributed by atoms with Crippen LogP contribution < -0.4 is 5.32 Å². The second-order valence-corrected chi connectivity index (χ2v) is 8.47. The molecule has 2 heterocycles. The maximum absolute atomic E-state index is 14.4. The van der Waals surface area contributed by atoms with Gasteiger partial charge in [0.05, 0.1) is 24.1 Å². The van der Waals surface area contributed by atoms with Crippen molar-refractivity contribution >= 4 is 23.4 Å². The van der Waals surface area contributed by atoms with E-state index in [-0.39, 0.29) is 17.5 Å². The normalized spacial score (nSPS) is 11.1. The average molecular weight is 451 g/mol. The van der Waals surface area contributed by atoms with Crippen molar-refractivity contribution < 1.29 is 13.6 Å². The van der Waals surface area contributed by atoms with Crippen LogP contribution in [0.3, 0.4) is 0 Å². The molecule has 0 atom stereocenters. The number of carbonyl (C=O) groups excluding carboxylic acids is 1. The summed E-state index contributed by atoms with van der Waals surface area (Å²) in [5.74, 6) is 0.953. The Morgan fingerprint density at radius 2 is 1.88 bits per heavy atom. The van der Waals surface area contributed by atoms with Crippen molar-refractivity contribution in [1.29, 1.82) is 0 Å². The van der Waals surface area contributed by atoms with Gasteiger partial charge in [-0.05, 0) is 41.8 Å². The third kappa shape index (κ3) is 4.91. The molecule has 1 amide bonds. The molecule has 164 valence electrons. The van der Waals surface area contributed by atoms with Crippen LogP contribution in [0.4, 0.5) is 10.1 Å². The highest BCUT2D eigenvalue weighted by atomic mass is 32.2. The van der Waals surface area contributed by atoms with Gasteiger partial charge in [-0.1, -0.05) is 55.9 Å². The fourth-order valence-corrected chi connectivity index (χ4v) is 4.11. The van der Waals surface area contributed by atoms with Gasteiger partial charge in [0.15, 0.2) is 11.0 Å². The molecule has 1 N–H and O–H groups in total. The fraction of sp³-hybridized carbons (Fsp3) is 0.208. The lowest BCUT2D eigenvalue weighted by molar-refractivity contribution is -0.113. The van der Waals surface area contributed by atoms with Crippen LogP contribution in [0, 0.1) is 5.82 Å². The second kappa shape index (κ2) is 9.82. The first-order valence-electron chi connectivity index (χ1n) is 10.2. The van der Waals surface area contributed by atoms with Gasteiger partial charge in [0.25, 0.3) is 0 Å². The van der Waals surface area contributed by atoms with Crippen LogP contribution in [0.15, 0.2) is 76.5 Å². The molecule has 4 rings (SSSR count). The predicted molar refractivity (Wildman–Crippen MR) is 123 cm³/mol. The number of hydrogen-bond acceptors (Lipinski definition) is 5. The van der Waals surface area contributed by atoms with E-state index in [2.05, 4.69) is 29.4 Å². The highest BCUT2D eigenvalue weighted by Gasteiger charge is 2.19. The summed E-state index contributed by atoms with van der Waals surface area (Å²) >= 11 is 1.25. The Labute approximate surface area is 189 Å². The molecule has 0 aliphatic heterocycles. The Morgan fingerprint density at radius 1 is 1.09 bits per heavy atom. The van der Waals surface area contributed by atoms with E-state index >= 15 is 0 Å². The largest absolute Gasteiger partial charge is 0.467 e. The van der Waals surface area contributed by atoms with Crippen molar-refractivity contribution in [3.05, 3.63) is 84.1 Å². The third-order valence-electron chi connectivity index (χ3n) is 4.91. The lowest BCUT2D eigenvalue weighted by Crippen LogP contribution is -2.16. The third-order valence-corrected chi connectivity index (χ3v) is 5.88. The van der Waals surface area contributed by atoms with Gasteiger partial charge in [0.2, 0.25) is 5.91 Å². The van der Waals surface area contributed by atoms with Crippen molar-refractivity contribution in [2.75, 3.05) is 11.1 Å². The maximum Gasteiger partial charge on any atom is 0.234 e. The number of rotatable bonds is 8. The molecule has 0 radical (unpaired) electrons. The van der Waals surface area contributed by atoms with Crippen molar-refractivity contribution in [2.24, 2.45) is 0 Å². The predicted octanol–water partition coefficient (Wildman–Crippen LogP) is 5.58. The highest BCUT2D eigenvalue weighted by molar-refractivity contribution is 7.99. The topological polar surface area (TPSA) is 73.0 Å². The first-order valence-corrected chi connectivity index (χ1v) is 11.2. The lowest BCUT2D eigenvalue weighted by atomic mass is 10.0. The zero-order valence-corrected chi connectivity index (χ0v) is 18.6. The zero-order chi connectivity index (χ0) is 22.5. The van der Waals surface area contributed by atoms with Crippen LogP contribution in [0.2, 0.25) is 0 Å². The molecule has 2 aromatic carbocycles. The quantitative estimate of drug-likeness (QED) is 0.355. The van der Waals surface area contributed by atoms with Gasteiger partial charge in [-0.2, -0.15) is 0 Å². The van der Waals surface area contributed by atoms with E-state index < -0.39 is 0 Å². The number of amides is 1. The molecule has 4 aromatic rings. The molecule has 2 aromatic heterocycles. The van der Waals surface area contributed by atoms with E-state index in [9.17, 15) is 9.18 Å². The number of para-hydroxylation sites is 1. The molecule has 0 saturated carbocycles. The molecule has 0 fully saturated rings. The zero-order valence-electron chi connectivity index (χ0n) is 17.8. The minimum atomic E-state index is -0.389. The molecule has 0 saturated heterocycles. The van der Waals surface area contributed by atoms with Crippen molar-refractivity contribution in [3.8, 4) is 11.4 Å². The van der Waals surface area contributed by atoms with Gasteiger partial charge in [-0.15, -0.1) is 10.2 Å². The summed E-state index contributed by atoms with van der Waals surface area (Å²) in [5.41, 5.74) is 2.22. The SMILES string of the molecule is CC(C)c1ccccc1NC(=O)CSc1nnc(-c2ccccc2F)n1Cc1ccco1. The number of hydrogen-bond donors (Lipinski definition) is 1. The van der Waals surface area contributed by atoms with Crippen LogP contribution in [0.5, 0.6) is 0 Å². The Bertz CT molecular complexity index is 1200. The first-order chi connectivity index (χ1) is 15.5. The van der Waals surface area contributed by atoms with Crippen molar-refractivity contribution in [3.63, 3.8) is 0 Å². The van der Waals surface area contributed by atoms with Gasteiger partial charge in [-0.25, -0.2) is 4.39 Å². The number of aromatic nitrogens is 3. The van der Waals surface area contributed by atoms with Crippen LogP contribution in [-0.2, 0) is 11.3 Å². The summed E-state index contributed by atoms with van der Waals surface area (Å²) in [6.45, 7) is 4.49. The molecule has 32 heavy (non-hydrogen) atoms. The van der Waals surface area contributed by atoms with E-state index in [0.29, 0.717) is 34.8 Å². The van der Waals surface area contributed by atoms with Crippen molar-refractivity contribution in [1.82, 2.24) is 14.8 Å². The van der Waals surface area contributed by atoms with Gasteiger partial charge in [-0.3, -0.25) is 9.36 Å². The molecular formula is C24H23FN4O2S. The molecule has 0 spiro atoms. The number of nitrogens with zero attached hydrogens (tertiary/aromatic N) is 3. The summed E-state index contributed by atoms with van der Waals surface area (Å²) in [6, 6.07) is 17.8. The van der Waals surface area contributed by atoms with Crippen LogP contribution >= 0.6 is 11.8 Å². The minimum absolute atomic E-state index is 0.139. The van der Waals surface area contributed by atoms with Crippen molar-refractivity contribution in [2.45, 2.75) is 31.5 Å². The second-order valence-electron chi connectivity index (χ2n) is 7.53. The summed E-state index contributed by atoms with van der Waals surface area (Å²) in [5, 5.41) is 11.9. The molecule has 8 heteroatoms. The summed E-state index contributed by atoms with van der Waals surface area (Å²) in [6.07, 6.45) is 1.58. The molecule has 0 unspecified atom stereocenters. The molecule has 0 aliphatic rings. The number of anilines is 1. The van der Waals surface area contributed by atoms with Gasteiger partial charge < -0.3 is 9.73 Å². The number of carbonyl (C=O) groups is 1. The fourth-order valence-electron chi connectivity index (χ4n) is 3.37. The van der Waals surface area contributed by atoms with E-state index in [1.165, 1.54) is 17.8 Å². The Hall–Kier alpha value is -3.39. The summed E-state index contributed by atoms with van der Waals surface area (Å²) in [4.78, 5) is 12.7. The highest BCUT2D eigenvalue weighted by Crippen LogP contribution is 2.28. The molecule has 0 aliphatic carbocycles. The van der Waals surface area contributed by atoms with E-state index in [1.807, 2.05) is 30.3 Å². The Balaban J connectivity index is 1.55. The summed E-state index contributed by atoms with van der Waals surface area (Å²) in [7, 11) is 0. The Morgan fingerprint density at radius 3 is 2.62 bits per heavy atom. The van der Waals surface area contributed by atoms with Crippen LogP contribution in [-0.4, -0.2) is 26.4 Å². The number of furan rings is 1. The number of halogens is 1. The number of nitrogens with one attached hydrogen (secondary N) is 1. The van der Waals surface area contributed by atoms with Gasteiger partial charge >= 0.3 is 0 Å². The van der Waals surface area contributed by atoms with E-state index in [1.54, 1.807) is 35.1 Å². The van der Waals surface area contributed by atoms with E-state index in [4.69, 9.17) is 4.42 Å². The Kier molecular flexibility index (Phi) is 6.70. The van der Waals surface area contributed by atoms with Crippen LogP contribution in [0.1, 0.15) is 31.1 Å². The minimum Gasteiger partial charge on any atom is -0.467 e. The van der Waals surface area contributed by atoms with Gasteiger partial charge in [0, 0.05) is 5.69 Å². The number of thioether (sulfide) groups is 1. The smallest absolute Gasteiger partial charge is 0.234 e. The molecule has 6 nitrogen and oxygen atoms in total.